The monoisotopic (exact) mass is 285 g/mol. The lowest BCUT2D eigenvalue weighted by molar-refractivity contribution is -0.119. The first-order valence-electron chi connectivity index (χ1n) is 7.07. The van der Waals surface area contributed by atoms with Gasteiger partial charge in [0, 0.05) is 38.4 Å². The van der Waals surface area contributed by atoms with Crippen molar-refractivity contribution in [2.24, 2.45) is 13.0 Å². The van der Waals surface area contributed by atoms with E-state index in [0.717, 1.165) is 23.5 Å². The topological polar surface area (TPSA) is 71.8 Å². The first-order chi connectivity index (χ1) is 10.1. The lowest BCUT2D eigenvalue weighted by Gasteiger charge is -2.17. The Balaban J connectivity index is 1.76. The second-order valence-corrected chi connectivity index (χ2v) is 5.44. The summed E-state index contributed by atoms with van der Waals surface area (Å²) in [6, 6.07) is 3.70. The van der Waals surface area contributed by atoms with Crippen LogP contribution in [-0.2, 0) is 11.8 Å². The summed E-state index contributed by atoms with van der Waals surface area (Å²) >= 11 is 0. The summed E-state index contributed by atoms with van der Waals surface area (Å²) in [7, 11) is 1.89. The zero-order chi connectivity index (χ0) is 14.8. The quantitative estimate of drug-likeness (QED) is 0.884. The molecule has 6 nitrogen and oxygen atoms in total. The van der Waals surface area contributed by atoms with E-state index < -0.39 is 0 Å². The number of carbonyl (C=O) groups excluding carboxylic acids is 1. The number of aryl methyl sites for hydroxylation is 2. The molecule has 1 saturated heterocycles. The molecule has 1 fully saturated rings. The minimum Gasteiger partial charge on any atom is -0.324 e. The van der Waals surface area contributed by atoms with E-state index in [9.17, 15) is 4.79 Å². The fourth-order valence-corrected chi connectivity index (χ4v) is 2.78. The molecular weight excluding hydrogens is 266 g/mol. The molecular formula is C15H19N5O. The van der Waals surface area contributed by atoms with Gasteiger partial charge in [0.05, 0.1) is 23.5 Å². The summed E-state index contributed by atoms with van der Waals surface area (Å²) in [4.78, 5) is 16.7. The second kappa shape index (κ2) is 5.65. The van der Waals surface area contributed by atoms with E-state index in [0.29, 0.717) is 6.54 Å². The van der Waals surface area contributed by atoms with E-state index in [2.05, 4.69) is 20.7 Å². The van der Waals surface area contributed by atoms with Gasteiger partial charge < -0.3 is 10.6 Å². The molecule has 21 heavy (non-hydrogen) atoms. The summed E-state index contributed by atoms with van der Waals surface area (Å²) < 4.78 is 1.77. The summed E-state index contributed by atoms with van der Waals surface area (Å²) in [6.45, 7) is 3.38. The molecule has 1 aliphatic heterocycles. The number of hydrogen-bond donors (Lipinski definition) is 2. The van der Waals surface area contributed by atoms with Crippen LogP contribution in [0.15, 0.2) is 30.7 Å². The predicted molar refractivity (Wildman–Crippen MR) is 79.9 cm³/mol. The molecule has 1 amide bonds. The van der Waals surface area contributed by atoms with E-state index >= 15 is 0 Å². The highest BCUT2D eigenvalue weighted by Crippen LogP contribution is 2.29. The predicted octanol–water partition coefficient (Wildman–Crippen LogP) is 1.07. The summed E-state index contributed by atoms with van der Waals surface area (Å²) in [6.07, 6.45) is 5.54. The molecule has 110 valence electrons. The molecule has 2 atom stereocenters. The Kier molecular flexibility index (Phi) is 3.70. The Bertz CT molecular complexity index is 651. The Morgan fingerprint density at radius 1 is 1.48 bits per heavy atom. The molecule has 0 radical (unpaired) electrons. The number of aromatic nitrogens is 3. The molecule has 0 aromatic carbocycles. The zero-order valence-corrected chi connectivity index (χ0v) is 12.2. The van der Waals surface area contributed by atoms with Gasteiger partial charge in [-0.05, 0) is 24.6 Å². The van der Waals surface area contributed by atoms with Gasteiger partial charge in [-0.25, -0.2) is 0 Å². The van der Waals surface area contributed by atoms with Gasteiger partial charge in [-0.1, -0.05) is 0 Å². The molecule has 2 aromatic heterocycles. The summed E-state index contributed by atoms with van der Waals surface area (Å²) in [5.41, 5.74) is 2.71. The van der Waals surface area contributed by atoms with Crippen LogP contribution >= 0.6 is 0 Å². The van der Waals surface area contributed by atoms with Gasteiger partial charge in [0.15, 0.2) is 0 Å². The molecule has 0 unspecified atom stereocenters. The van der Waals surface area contributed by atoms with Crippen molar-refractivity contribution in [2.75, 3.05) is 18.4 Å². The fraction of sp³-hybridized carbons (Fsp3) is 0.400. The SMILES string of the molecule is Cc1ncccc1NC(=O)[C@H]1CNC[C@@H]1c1cnn(C)c1. The Morgan fingerprint density at radius 3 is 3.05 bits per heavy atom. The lowest BCUT2D eigenvalue weighted by Crippen LogP contribution is -2.28. The van der Waals surface area contributed by atoms with Crippen molar-refractivity contribution in [3.05, 3.63) is 42.0 Å². The molecule has 3 rings (SSSR count). The molecule has 3 heterocycles. The average Bonchev–Trinajstić information content (AvgIpc) is 3.09. The molecule has 0 bridgehead atoms. The highest BCUT2D eigenvalue weighted by atomic mass is 16.2. The lowest BCUT2D eigenvalue weighted by atomic mass is 9.90. The number of nitrogens with one attached hydrogen (secondary N) is 2. The molecule has 2 aromatic rings. The van der Waals surface area contributed by atoms with Crippen LogP contribution < -0.4 is 10.6 Å². The van der Waals surface area contributed by atoms with Gasteiger partial charge in [0.1, 0.15) is 0 Å². The molecule has 6 heteroatoms. The largest absolute Gasteiger partial charge is 0.324 e. The number of hydrogen-bond acceptors (Lipinski definition) is 4. The number of pyridine rings is 1. The van der Waals surface area contributed by atoms with Gasteiger partial charge in [0.25, 0.3) is 0 Å². The maximum atomic E-state index is 12.6. The van der Waals surface area contributed by atoms with Gasteiger partial charge in [0.2, 0.25) is 5.91 Å². The third-order valence-electron chi connectivity index (χ3n) is 3.97. The van der Waals surface area contributed by atoms with Crippen molar-refractivity contribution in [1.29, 1.82) is 0 Å². The third-order valence-corrected chi connectivity index (χ3v) is 3.97. The van der Waals surface area contributed by atoms with Crippen molar-refractivity contribution in [3.8, 4) is 0 Å². The highest BCUT2D eigenvalue weighted by molar-refractivity contribution is 5.94. The number of nitrogens with zero attached hydrogens (tertiary/aromatic N) is 3. The van der Waals surface area contributed by atoms with E-state index in [1.165, 1.54) is 0 Å². The minimum atomic E-state index is -0.0891. The van der Waals surface area contributed by atoms with Crippen molar-refractivity contribution >= 4 is 11.6 Å². The van der Waals surface area contributed by atoms with Crippen LogP contribution in [0.3, 0.4) is 0 Å². The number of carbonyl (C=O) groups is 1. The number of anilines is 1. The molecule has 1 aliphatic rings. The minimum absolute atomic E-state index is 0.0324. The Morgan fingerprint density at radius 2 is 2.33 bits per heavy atom. The molecule has 0 saturated carbocycles. The van der Waals surface area contributed by atoms with Gasteiger partial charge in [-0.3, -0.25) is 14.5 Å². The smallest absolute Gasteiger partial charge is 0.229 e. The molecule has 0 spiro atoms. The van der Waals surface area contributed by atoms with Gasteiger partial charge in [-0.2, -0.15) is 5.10 Å². The third kappa shape index (κ3) is 2.80. The second-order valence-electron chi connectivity index (χ2n) is 5.44. The van der Waals surface area contributed by atoms with Crippen LogP contribution in [0, 0.1) is 12.8 Å². The van der Waals surface area contributed by atoms with E-state index in [4.69, 9.17) is 0 Å². The van der Waals surface area contributed by atoms with Crippen molar-refractivity contribution in [1.82, 2.24) is 20.1 Å². The summed E-state index contributed by atoms with van der Waals surface area (Å²) in [5, 5.41) is 10.5. The highest BCUT2D eigenvalue weighted by Gasteiger charge is 2.34. The summed E-state index contributed by atoms with van der Waals surface area (Å²) in [5.74, 6) is 0.106. The van der Waals surface area contributed by atoms with E-state index in [-0.39, 0.29) is 17.7 Å². The molecule has 2 N–H and O–H groups in total. The van der Waals surface area contributed by atoms with Crippen LogP contribution in [0.2, 0.25) is 0 Å². The van der Waals surface area contributed by atoms with Crippen molar-refractivity contribution < 1.29 is 4.79 Å². The molecule has 0 aliphatic carbocycles. The normalized spacial score (nSPS) is 21.4. The van der Waals surface area contributed by atoms with Gasteiger partial charge in [-0.15, -0.1) is 0 Å². The average molecular weight is 285 g/mol. The van der Waals surface area contributed by atoms with Crippen molar-refractivity contribution in [2.45, 2.75) is 12.8 Å². The van der Waals surface area contributed by atoms with E-state index in [1.807, 2.05) is 38.5 Å². The van der Waals surface area contributed by atoms with Crippen LogP contribution in [0.25, 0.3) is 0 Å². The Labute approximate surface area is 123 Å². The maximum Gasteiger partial charge on any atom is 0.229 e. The van der Waals surface area contributed by atoms with Crippen LogP contribution in [0.4, 0.5) is 5.69 Å². The Hall–Kier alpha value is -2.21. The van der Waals surface area contributed by atoms with Gasteiger partial charge >= 0.3 is 0 Å². The maximum absolute atomic E-state index is 12.6. The first kappa shape index (κ1) is 13.8. The van der Waals surface area contributed by atoms with Crippen LogP contribution in [0.5, 0.6) is 0 Å². The zero-order valence-electron chi connectivity index (χ0n) is 12.2. The van der Waals surface area contributed by atoms with Crippen LogP contribution in [0.1, 0.15) is 17.2 Å². The van der Waals surface area contributed by atoms with E-state index in [1.54, 1.807) is 10.9 Å². The standard InChI is InChI=1S/C15H19N5O/c1-10-14(4-3-5-17-10)19-15(21)13-8-16-7-12(13)11-6-18-20(2)9-11/h3-6,9,12-13,16H,7-8H2,1-2H3,(H,19,21)/t12-,13+/m1/s1. The number of amides is 1. The fourth-order valence-electron chi connectivity index (χ4n) is 2.78. The van der Waals surface area contributed by atoms with Crippen molar-refractivity contribution in [3.63, 3.8) is 0 Å². The number of rotatable bonds is 3. The first-order valence-corrected chi connectivity index (χ1v) is 7.07. The van der Waals surface area contributed by atoms with Crippen LogP contribution in [-0.4, -0.2) is 33.8 Å².